The lowest BCUT2D eigenvalue weighted by molar-refractivity contribution is -0.132. The molecule has 2 N–H and O–H groups in total. The molecule has 0 radical (unpaired) electrons. The van der Waals surface area contributed by atoms with Gasteiger partial charge in [-0.1, -0.05) is 48.5 Å². The predicted molar refractivity (Wildman–Crippen MR) is 129 cm³/mol. The van der Waals surface area contributed by atoms with E-state index in [1.807, 2.05) is 37.3 Å². The zero-order valence-corrected chi connectivity index (χ0v) is 18.6. The van der Waals surface area contributed by atoms with Crippen LogP contribution < -0.4 is 5.32 Å². The number of carbonyl (C=O) groups excluding carboxylic acids is 1. The number of halogens is 2. The molecule has 3 aromatic carbocycles. The maximum Gasteiger partial charge on any atom is 0.294 e. The first-order valence-electron chi connectivity index (χ1n) is 10.9. The molecule has 5 rings (SSSR count). The van der Waals surface area contributed by atoms with Crippen molar-refractivity contribution in [3.05, 3.63) is 107 Å². The molecular weight excluding hydrogens is 450 g/mol. The summed E-state index contributed by atoms with van der Waals surface area (Å²) in [6.07, 6.45) is -0.945. The number of benzene rings is 3. The van der Waals surface area contributed by atoms with Gasteiger partial charge in [0.25, 0.3) is 6.47 Å². The van der Waals surface area contributed by atoms with Crippen LogP contribution in [0.2, 0.25) is 0 Å². The summed E-state index contributed by atoms with van der Waals surface area (Å²) in [6.45, 7) is 2.22. The zero-order chi connectivity index (χ0) is 24.4. The molecule has 8 heteroatoms. The van der Waals surface area contributed by atoms with Crippen molar-refractivity contribution in [3.8, 4) is 11.1 Å². The smallest absolute Gasteiger partial charge is 0.294 e. The second-order valence-electron chi connectivity index (χ2n) is 8.00. The van der Waals surface area contributed by atoms with E-state index in [2.05, 4.69) is 15.5 Å². The number of hydrogen-bond donors (Lipinski definition) is 2. The molecule has 0 saturated heterocycles. The molecule has 0 fully saturated rings. The number of aryl methyl sites for hydroxylation is 1. The van der Waals surface area contributed by atoms with Crippen LogP contribution in [0, 0.1) is 18.6 Å². The Morgan fingerprint density at radius 3 is 2.23 bits per heavy atom. The number of pyridine rings is 1. The van der Waals surface area contributed by atoms with Crippen molar-refractivity contribution in [2.75, 3.05) is 5.32 Å². The van der Waals surface area contributed by atoms with Crippen LogP contribution in [0.25, 0.3) is 21.9 Å². The number of aromatic nitrogens is 3. The minimum Gasteiger partial charge on any atom is -0.453 e. The molecule has 0 aliphatic rings. The van der Waals surface area contributed by atoms with E-state index < -0.39 is 11.9 Å². The van der Waals surface area contributed by atoms with Crippen LogP contribution >= 0.6 is 0 Å². The Morgan fingerprint density at radius 2 is 1.60 bits per heavy atom. The van der Waals surface area contributed by atoms with Gasteiger partial charge < -0.3 is 10.1 Å². The fourth-order valence-corrected chi connectivity index (χ4v) is 4.08. The summed E-state index contributed by atoms with van der Waals surface area (Å²) in [5.41, 5.74) is 3.16. The standard InChI is InChI=1S/C27H20F2N4O2/c1-16-14-23(33-32-16)30-27-22-5-3-2-4-21(22)24(17-6-10-19(28)11-7-17)25(31-27)26(35-15-34)18-8-12-20(29)13-9-18/h2-15,26H,1H3,(H2,30,31,32,33). The summed E-state index contributed by atoms with van der Waals surface area (Å²) in [4.78, 5) is 16.4. The third kappa shape index (κ3) is 4.46. The Hall–Kier alpha value is -4.59. The van der Waals surface area contributed by atoms with Crippen molar-refractivity contribution in [2.24, 2.45) is 0 Å². The fourth-order valence-electron chi connectivity index (χ4n) is 4.08. The van der Waals surface area contributed by atoms with Gasteiger partial charge in [-0.2, -0.15) is 5.10 Å². The van der Waals surface area contributed by atoms with Crippen molar-refractivity contribution in [1.29, 1.82) is 0 Å². The minimum absolute atomic E-state index is 0.337. The Bertz CT molecular complexity index is 1500. The van der Waals surface area contributed by atoms with E-state index in [0.717, 1.165) is 16.5 Å². The van der Waals surface area contributed by atoms with Gasteiger partial charge in [0.15, 0.2) is 11.9 Å². The SMILES string of the molecule is Cc1cc(Nc2nc(C(OC=O)c3ccc(F)cc3)c(-c3ccc(F)cc3)c3ccccc23)n[nH]1. The Balaban J connectivity index is 1.80. The summed E-state index contributed by atoms with van der Waals surface area (Å²) >= 11 is 0. The van der Waals surface area contributed by atoms with Gasteiger partial charge in [0.1, 0.15) is 17.5 Å². The number of hydrogen-bond acceptors (Lipinski definition) is 5. The van der Waals surface area contributed by atoms with Crippen molar-refractivity contribution in [2.45, 2.75) is 13.0 Å². The first kappa shape index (κ1) is 22.2. The van der Waals surface area contributed by atoms with Gasteiger partial charge >= 0.3 is 0 Å². The number of fused-ring (bicyclic) bond motifs is 1. The van der Waals surface area contributed by atoms with Crippen LogP contribution in [0.15, 0.2) is 78.9 Å². The van der Waals surface area contributed by atoms with Crippen LogP contribution in [0.5, 0.6) is 0 Å². The molecule has 6 nitrogen and oxygen atoms in total. The van der Waals surface area contributed by atoms with Gasteiger partial charge in [0.05, 0.1) is 5.69 Å². The molecular formula is C27H20F2N4O2. The van der Waals surface area contributed by atoms with Crippen molar-refractivity contribution >= 4 is 28.9 Å². The first-order chi connectivity index (χ1) is 17.0. The molecule has 5 aromatic rings. The average Bonchev–Trinajstić information content (AvgIpc) is 3.28. The van der Waals surface area contributed by atoms with Gasteiger partial charge in [-0.3, -0.25) is 9.89 Å². The normalized spacial score (nSPS) is 11.9. The van der Waals surface area contributed by atoms with Gasteiger partial charge in [-0.05, 0) is 47.7 Å². The number of H-pyrrole nitrogens is 1. The third-order valence-electron chi connectivity index (χ3n) is 5.64. The molecule has 174 valence electrons. The Morgan fingerprint density at radius 1 is 0.943 bits per heavy atom. The van der Waals surface area contributed by atoms with Gasteiger partial charge in [0.2, 0.25) is 0 Å². The molecule has 0 amide bonds. The maximum absolute atomic E-state index is 13.8. The van der Waals surface area contributed by atoms with E-state index in [1.54, 1.807) is 24.3 Å². The summed E-state index contributed by atoms with van der Waals surface area (Å²) in [7, 11) is 0. The minimum atomic E-state index is -0.945. The molecule has 1 unspecified atom stereocenters. The molecule has 0 aliphatic carbocycles. The molecule has 35 heavy (non-hydrogen) atoms. The molecule has 0 aliphatic heterocycles. The van der Waals surface area contributed by atoms with Crippen molar-refractivity contribution < 1.29 is 18.3 Å². The molecule has 2 heterocycles. The number of nitrogens with zero attached hydrogens (tertiary/aromatic N) is 2. The van der Waals surface area contributed by atoms with Crippen molar-refractivity contribution in [3.63, 3.8) is 0 Å². The van der Waals surface area contributed by atoms with Gasteiger partial charge in [-0.25, -0.2) is 13.8 Å². The molecule has 0 bridgehead atoms. The van der Waals surface area contributed by atoms with Gasteiger partial charge in [0, 0.05) is 22.7 Å². The molecule has 2 aromatic heterocycles. The largest absolute Gasteiger partial charge is 0.453 e. The average molecular weight is 470 g/mol. The number of aromatic amines is 1. The summed E-state index contributed by atoms with van der Waals surface area (Å²) in [5, 5.41) is 12.0. The number of carbonyl (C=O) groups is 1. The highest BCUT2D eigenvalue weighted by Gasteiger charge is 2.25. The summed E-state index contributed by atoms with van der Waals surface area (Å²) < 4.78 is 32.9. The van der Waals surface area contributed by atoms with E-state index in [0.29, 0.717) is 40.5 Å². The molecule has 1 atom stereocenters. The summed E-state index contributed by atoms with van der Waals surface area (Å²) in [6, 6.07) is 21.1. The second-order valence-corrected chi connectivity index (χ2v) is 8.00. The van der Waals surface area contributed by atoms with Crippen molar-refractivity contribution in [1.82, 2.24) is 15.2 Å². The number of nitrogens with one attached hydrogen (secondary N) is 2. The predicted octanol–water partition coefficient (Wildman–Crippen LogP) is 6.22. The van der Waals surface area contributed by atoms with Gasteiger partial charge in [-0.15, -0.1) is 0 Å². The molecule has 0 saturated carbocycles. The highest BCUT2D eigenvalue weighted by molar-refractivity contribution is 6.03. The lowest BCUT2D eigenvalue weighted by atomic mass is 9.92. The highest BCUT2D eigenvalue weighted by Crippen LogP contribution is 2.40. The van der Waals surface area contributed by atoms with Crippen LogP contribution in [0.3, 0.4) is 0 Å². The third-order valence-corrected chi connectivity index (χ3v) is 5.64. The zero-order valence-electron chi connectivity index (χ0n) is 18.6. The van der Waals surface area contributed by atoms with E-state index in [4.69, 9.17) is 9.72 Å². The van der Waals surface area contributed by atoms with Crippen LogP contribution in [-0.2, 0) is 9.53 Å². The maximum atomic E-state index is 13.8. The first-order valence-corrected chi connectivity index (χ1v) is 10.9. The second kappa shape index (κ2) is 9.34. The quantitative estimate of drug-likeness (QED) is 0.276. The Kier molecular flexibility index (Phi) is 5.93. The monoisotopic (exact) mass is 470 g/mol. The number of ether oxygens (including phenoxy) is 1. The molecule has 0 spiro atoms. The van der Waals surface area contributed by atoms with Crippen LogP contribution in [-0.4, -0.2) is 21.7 Å². The van der Waals surface area contributed by atoms with E-state index >= 15 is 0 Å². The topological polar surface area (TPSA) is 79.9 Å². The van der Waals surface area contributed by atoms with E-state index in [1.165, 1.54) is 24.3 Å². The van der Waals surface area contributed by atoms with Crippen LogP contribution in [0.1, 0.15) is 23.1 Å². The number of rotatable bonds is 7. The Labute approximate surface area is 199 Å². The lowest BCUT2D eigenvalue weighted by Gasteiger charge is -2.22. The highest BCUT2D eigenvalue weighted by atomic mass is 19.1. The lowest BCUT2D eigenvalue weighted by Crippen LogP contribution is -2.11. The number of anilines is 2. The van der Waals surface area contributed by atoms with E-state index in [-0.39, 0.29) is 5.82 Å². The van der Waals surface area contributed by atoms with Crippen LogP contribution in [0.4, 0.5) is 20.4 Å². The summed E-state index contributed by atoms with van der Waals surface area (Å²) in [5.74, 6) is 0.268. The fraction of sp³-hybridized carbons (Fsp3) is 0.0741. The van der Waals surface area contributed by atoms with E-state index in [9.17, 15) is 13.6 Å².